The van der Waals surface area contributed by atoms with E-state index in [-0.39, 0.29) is 41.1 Å². The summed E-state index contributed by atoms with van der Waals surface area (Å²) in [6, 6.07) is 37.7. The summed E-state index contributed by atoms with van der Waals surface area (Å²) in [4.78, 5) is 0. The van der Waals surface area contributed by atoms with Crippen LogP contribution < -0.4 is 0 Å². The first-order chi connectivity index (χ1) is 21.1. The number of hydrogen-bond donors (Lipinski definition) is 0. The molecule has 1 unspecified atom stereocenters. The van der Waals surface area contributed by atoms with Crippen LogP contribution in [-0.4, -0.2) is 3.21 Å². The van der Waals surface area contributed by atoms with Crippen LogP contribution in [0.4, 0.5) is 0 Å². The summed E-state index contributed by atoms with van der Waals surface area (Å²) >= 11 is -2.90. The van der Waals surface area contributed by atoms with Gasteiger partial charge in [0.05, 0.1) is 0 Å². The second kappa shape index (κ2) is 13.9. The Hall–Kier alpha value is -2.31. The van der Waals surface area contributed by atoms with Crippen molar-refractivity contribution in [3.05, 3.63) is 151 Å². The second-order valence-corrected chi connectivity index (χ2v) is 22.5. The van der Waals surface area contributed by atoms with E-state index in [4.69, 9.17) is 0 Å². The third-order valence-corrected chi connectivity index (χ3v) is 18.2. The van der Waals surface area contributed by atoms with Gasteiger partial charge in [-0.25, -0.2) is 0 Å². The predicted molar refractivity (Wildman–Crippen MR) is 206 cm³/mol. The Bertz CT molecular complexity index is 1730. The Labute approximate surface area is 304 Å². The van der Waals surface area contributed by atoms with Gasteiger partial charge in [-0.15, -0.1) is 24.8 Å². The topological polar surface area (TPSA) is 0 Å². The smallest absolute Gasteiger partial charge is 0.147 e. The van der Waals surface area contributed by atoms with Gasteiger partial charge in [0.2, 0.25) is 0 Å². The monoisotopic (exact) mass is 740 g/mol. The van der Waals surface area contributed by atoms with Crippen LogP contribution in [-0.2, 0) is 32.1 Å². The maximum Gasteiger partial charge on any atom is -0.147 e. The average molecular weight is 743 g/mol. The van der Waals surface area contributed by atoms with Crippen LogP contribution >= 0.6 is 24.8 Å². The molecule has 0 N–H and O–H groups in total. The zero-order chi connectivity index (χ0) is 32.3. The molecule has 0 amide bonds. The number of rotatable bonds is 4. The third kappa shape index (κ3) is 7.34. The summed E-state index contributed by atoms with van der Waals surface area (Å²) in [5.74, 6) is 0.429. The molecule has 0 heterocycles. The minimum absolute atomic E-state index is 0. The maximum absolute atomic E-state index is 2.90. The molecule has 47 heavy (non-hydrogen) atoms. The Morgan fingerprint density at radius 1 is 0.574 bits per heavy atom. The Morgan fingerprint density at radius 2 is 1.00 bits per heavy atom. The minimum atomic E-state index is -2.90. The van der Waals surface area contributed by atoms with Crippen molar-refractivity contribution in [3.63, 3.8) is 0 Å². The predicted octanol–water partition coefficient (Wildman–Crippen LogP) is 12.6. The van der Waals surface area contributed by atoms with E-state index < -0.39 is 21.3 Å². The fourth-order valence-corrected chi connectivity index (χ4v) is 17.7. The van der Waals surface area contributed by atoms with Crippen molar-refractivity contribution in [2.75, 3.05) is 0 Å². The first-order valence-corrected chi connectivity index (χ1v) is 20.6. The normalized spacial score (nSPS) is 15.9. The van der Waals surface area contributed by atoms with E-state index in [9.17, 15) is 0 Å². The van der Waals surface area contributed by atoms with Crippen molar-refractivity contribution in [2.45, 2.75) is 83.7 Å². The molecule has 0 saturated carbocycles. The molecule has 0 aliphatic heterocycles. The van der Waals surface area contributed by atoms with Crippen LogP contribution in [0.25, 0.3) is 11.1 Å². The largest absolute Gasteiger partial charge is 0.147 e. The van der Waals surface area contributed by atoms with Gasteiger partial charge >= 0.3 is 282 Å². The molecule has 3 heteroatoms. The number of fused-ring (bicyclic) bond motifs is 3. The molecule has 6 rings (SSSR count). The van der Waals surface area contributed by atoms with Gasteiger partial charge in [-0.2, -0.15) is 0 Å². The fraction of sp³-hybridized carbons (Fsp3) is 0.341. The van der Waals surface area contributed by atoms with E-state index in [0.29, 0.717) is 9.54 Å². The molecule has 0 nitrogen and oxygen atoms in total. The molecule has 246 valence electrons. The van der Waals surface area contributed by atoms with Gasteiger partial charge in [0.25, 0.3) is 0 Å². The number of benzene rings is 4. The molecular formula is C44H52Cl2Zr. The van der Waals surface area contributed by atoms with Crippen LogP contribution in [0.5, 0.6) is 0 Å². The number of halogens is 2. The third-order valence-electron chi connectivity index (χ3n) is 9.82. The Morgan fingerprint density at radius 3 is 1.38 bits per heavy atom. The molecule has 0 radical (unpaired) electrons. The summed E-state index contributed by atoms with van der Waals surface area (Å²) in [6.07, 6.45) is 5.20. The second-order valence-electron chi connectivity index (χ2n) is 16.4. The van der Waals surface area contributed by atoms with E-state index >= 15 is 0 Å². The molecule has 4 aromatic carbocycles. The van der Waals surface area contributed by atoms with Crippen molar-refractivity contribution >= 4 is 28.0 Å². The van der Waals surface area contributed by atoms with Gasteiger partial charge in [0, 0.05) is 0 Å². The van der Waals surface area contributed by atoms with Crippen molar-refractivity contribution in [1.29, 1.82) is 0 Å². The van der Waals surface area contributed by atoms with E-state index in [2.05, 4.69) is 178 Å². The average Bonchev–Trinajstić information content (AvgIpc) is 3.53. The molecular weight excluding hydrogens is 691 g/mol. The Balaban J connectivity index is 0.00000250. The molecule has 4 aromatic rings. The van der Waals surface area contributed by atoms with Crippen LogP contribution in [0, 0.1) is 11.3 Å². The Kier molecular flexibility index (Phi) is 11.1. The molecule has 0 spiro atoms. The van der Waals surface area contributed by atoms with Crippen LogP contribution in [0.15, 0.2) is 118 Å². The van der Waals surface area contributed by atoms with Gasteiger partial charge in [-0.3, -0.25) is 0 Å². The molecule has 0 aromatic heterocycles. The summed E-state index contributed by atoms with van der Waals surface area (Å²) in [5.41, 5.74) is 13.4. The molecule has 2 aliphatic rings. The minimum Gasteiger partial charge on any atom is -0.147 e. The quantitative estimate of drug-likeness (QED) is 0.195. The molecule has 0 saturated heterocycles. The standard InChI is InChI=1S/C21H25.C13H10.C10H15.2ClH.Zr/c1-20(2,3)16-7-9-18-14(12-16)11-15-13-17(21(4,5)6)8-10-19(15)18;1-3-7-12(8-4-1)11-13-9-5-2-6-10-13;1-8-5-6-9(7-8)10(2,3)4;;;/h7-13H,1-6H3;1-10H;5,7,9H,1-4H3;2*1H;. The van der Waals surface area contributed by atoms with Gasteiger partial charge in [-0.05, 0) is 0 Å². The van der Waals surface area contributed by atoms with Gasteiger partial charge in [0.1, 0.15) is 0 Å². The van der Waals surface area contributed by atoms with Crippen molar-refractivity contribution < 1.29 is 21.3 Å². The van der Waals surface area contributed by atoms with Gasteiger partial charge < -0.3 is 0 Å². The SMILES string of the molecule is CC1=CC(C(C)(C)C)[C]([Zr](=[C](c2ccccc2)c2ccccc2)[CH]2c3cc(C(C)(C)C)ccc3-c3ccc(C(C)(C)C)cc32)=C1.Cl.Cl. The molecule has 0 fully saturated rings. The van der Waals surface area contributed by atoms with E-state index in [1.807, 2.05) is 0 Å². The molecule has 0 bridgehead atoms. The molecule has 1 atom stereocenters. The van der Waals surface area contributed by atoms with Gasteiger partial charge in [0.15, 0.2) is 0 Å². The van der Waals surface area contributed by atoms with Gasteiger partial charge in [-0.1, -0.05) is 0 Å². The van der Waals surface area contributed by atoms with E-state index in [1.165, 1.54) is 39.0 Å². The van der Waals surface area contributed by atoms with Crippen molar-refractivity contribution in [3.8, 4) is 11.1 Å². The van der Waals surface area contributed by atoms with Crippen LogP contribution in [0.3, 0.4) is 0 Å². The summed E-state index contributed by atoms with van der Waals surface area (Å²) in [7, 11) is 0. The van der Waals surface area contributed by atoms with Crippen LogP contribution in [0.2, 0.25) is 0 Å². The maximum atomic E-state index is 2.62. The summed E-state index contributed by atoms with van der Waals surface area (Å²) < 4.78 is 3.73. The first-order valence-electron chi connectivity index (χ1n) is 16.7. The zero-order valence-corrected chi connectivity index (χ0v) is 34.0. The first kappa shape index (κ1) is 37.5. The summed E-state index contributed by atoms with van der Waals surface area (Å²) in [5, 5.41) is 0. The van der Waals surface area contributed by atoms with E-state index in [1.54, 1.807) is 17.6 Å². The van der Waals surface area contributed by atoms with Crippen molar-refractivity contribution in [1.82, 2.24) is 0 Å². The fourth-order valence-electron chi connectivity index (χ4n) is 7.35. The van der Waals surface area contributed by atoms with Crippen LogP contribution in [0.1, 0.15) is 106 Å². The van der Waals surface area contributed by atoms with Crippen molar-refractivity contribution in [2.24, 2.45) is 11.3 Å². The summed E-state index contributed by atoms with van der Waals surface area (Å²) in [6.45, 7) is 23.8. The number of hydrogen-bond acceptors (Lipinski definition) is 0. The molecule has 2 aliphatic carbocycles. The number of allylic oxidation sites excluding steroid dienone is 4. The van der Waals surface area contributed by atoms with E-state index in [0.717, 1.165) is 0 Å². The zero-order valence-electron chi connectivity index (χ0n) is 29.9.